The summed E-state index contributed by atoms with van der Waals surface area (Å²) in [6.07, 6.45) is 2.26. The zero-order chi connectivity index (χ0) is 16.5. The van der Waals surface area contributed by atoms with E-state index in [2.05, 4.69) is 15.8 Å². The van der Waals surface area contributed by atoms with Gasteiger partial charge in [-0.1, -0.05) is 18.2 Å². The van der Waals surface area contributed by atoms with E-state index < -0.39 is 0 Å². The van der Waals surface area contributed by atoms with Gasteiger partial charge in [-0.15, -0.1) is 0 Å². The van der Waals surface area contributed by atoms with Gasteiger partial charge in [0, 0.05) is 18.5 Å². The summed E-state index contributed by atoms with van der Waals surface area (Å²) < 4.78 is 6.03. The maximum Gasteiger partial charge on any atom is 0.251 e. The van der Waals surface area contributed by atoms with E-state index >= 15 is 0 Å². The minimum atomic E-state index is -0.212. The smallest absolute Gasteiger partial charge is 0.251 e. The molecule has 0 bridgehead atoms. The van der Waals surface area contributed by atoms with E-state index in [1.807, 2.05) is 28.7 Å². The first-order valence-electron chi connectivity index (χ1n) is 7.05. The highest BCUT2D eigenvalue weighted by Crippen LogP contribution is 2.07. The molecule has 1 aromatic carbocycles. The molecule has 1 heterocycles. The predicted octanol–water partition coefficient (Wildman–Crippen LogP) is 2.54. The number of nitrogens with zero attached hydrogens (tertiary/aromatic N) is 1. The van der Waals surface area contributed by atoms with Gasteiger partial charge in [0.15, 0.2) is 3.77 Å². The third-order valence-electron chi connectivity index (χ3n) is 2.88. The van der Waals surface area contributed by atoms with E-state index in [0.717, 1.165) is 3.77 Å². The molecular formula is C16H16IN3O3. The second-order valence-corrected chi connectivity index (χ2v) is 5.72. The highest BCUT2D eigenvalue weighted by Gasteiger charge is 2.04. The largest absolute Gasteiger partial charge is 0.449 e. The average Bonchev–Trinajstić information content (AvgIpc) is 2.97. The average molecular weight is 425 g/mol. The number of furan rings is 1. The van der Waals surface area contributed by atoms with Gasteiger partial charge >= 0.3 is 0 Å². The number of benzene rings is 1. The Morgan fingerprint density at radius 3 is 2.65 bits per heavy atom. The summed E-state index contributed by atoms with van der Waals surface area (Å²) in [6.45, 7) is 0.432. The molecule has 0 saturated heterocycles. The molecule has 0 saturated carbocycles. The number of hydrogen-bond acceptors (Lipinski definition) is 4. The first-order valence-corrected chi connectivity index (χ1v) is 8.13. The zero-order valence-corrected chi connectivity index (χ0v) is 14.4. The SMILES string of the molecule is O=C(CCCNC(=O)c1ccccc1)NN=Cc1ccc(I)o1. The Morgan fingerprint density at radius 1 is 1.17 bits per heavy atom. The molecule has 0 aliphatic carbocycles. The molecule has 0 unspecified atom stereocenters. The van der Waals surface area contributed by atoms with Crippen molar-refractivity contribution in [2.45, 2.75) is 12.8 Å². The molecule has 2 amide bonds. The van der Waals surface area contributed by atoms with Gasteiger partial charge in [0.05, 0.1) is 6.21 Å². The summed E-state index contributed by atoms with van der Waals surface area (Å²) in [4.78, 5) is 23.4. The molecule has 2 aromatic rings. The molecule has 0 aliphatic rings. The Bertz CT molecular complexity index is 683. The van der Waals surface area contributed by atoms with Crippen molar-refractivity contribution >= 4 is 40.6 Å². The second kappa shape index (κ2) is 9.09. The van der Waals surface area contributed by atoms with Gasteiger partial charge in [0.2, 0.25) is 5.91 Å². The molecule has 6 nitrogen and oxygen atoms in total. The maximum atomic E-state index is 11.8. The number of carbonyl (C=O) groups is 2. The third-order valence-corrected chi connectivity index (χ3v) is 3.46. The number of hydrazone groups is 1. The van der Waals surface area contributed by atoms with E-state index in [0.29, 0.717) is 24.3 Å². The van der Waals surface area contributed by atoms with Crippen molar-refractivity contribution in [3.05, 3.63) is 57.6 Å². The Morgan fingerprint density at radius 2 is 1.96 bits per heavy atom. The number of halogens is 1. The fourth-order valence-corrected chi connectivity index (χ4v) is 2.20. The summed E-state index contributed by atoms with van der Waals surface area (Å²) in [5.74, 6) is 0.220. The van der Waals surface area contributed by atoms with Crippen molar-refractivity contribution in [2.24, 2.45) is 5.10 Å². The number of amides is 2. The van der Waals surface area contributed by atoms with E-state index in [9.17, 15) is 9.59 Å². The van der Waals surface area contributed by atoms with Crippen LogP contribution in [0.2, 0.25) is 0 Å². The van der Waals surface area contributed by atoms with Crippen LogP contribution in [0.4, 0.5) is 0 Å². The van der Waals surface area contributed by atoms with Crippen molar-refractivity contribution in [3.8, 4) is 0 Å². The molecule has 2 N–H and O–H groups in total. The van der Waals surface area contributed by atoms with Gasteiger partial charge in [0.1, 0.15) is 5.76 Å². The Kier molecular flexibility index (Phi) is 6.79. The molecular weight excluding hydrogens is 409 g/mol. The lowest BCUT2D eigenvalue weighted by molar-refractivity contribution is -0.121. The van der Waals surface area contributed by atoms with Gasteiger partial charge < -0.3 is 9.73 Å². The van der Waals surface area contributed by atoms with Crippen molar-refractivity contribution < 1.29 is 14.0 Å². The molecule has 0 radical (unpaired) electrons. The van der Waals surface area contributed by atoms with Crippen LogP contribution >= 0.6 is 22.6 Å². The molecule has 23 heavy (non-hydrogen) atoms. The predicted molar refractivity (Wildman–Crippen MR) is 95.2 cm³/mol. The third kappa shape index (κ3) is 6.23. The highest BCUT2D eigenvalue weighted by molar-refractivity contribution is 14.1. The van der Waals surface area contributed by atoms with Crippen LogP contribution in [0.1, 0.15) is 29.0 Å². The van der Waals surface area contributed by atoms with Crippen LogP contribution in [-0.4, -0.2) is 24.6 Å². The molecule has 120 valence electrons. The molecule has 0 spiro atoms. The zero-order valence-electron chi connectivity index (χ0n) is 12.3. The van der Waals surface area contributed by atoms with E-state index in [1.165, 1.54) is 6.21 Å². The summed E-state index contributed by atoms with van der Waals surface area (Å²) in [6, 6.07) is 12.5. The monoisotopic (exact) mass is 425 g/mol. The van der Waals surface area contributed by atoms with Crippen LogP contribution in [0.3, 0.4) is 0 Å². The van der Waals surface area contributed by atoms with Crippen molar-refractivity contribution in [1.82, 2.24) is 10.7 Å². The molecule has 7 heteroatoms. The fourth-order valence-electron chi connectivity index (χ4n) is 1.76. The second-order valence-electron chi connectivity index (χ2n) is 4.66. The van der Waals surface area contributed by atoms with Crippen molar-refractivity contribution in [3.63, 3.8) is 0 Å². The van der Waals surface area contributed by atoms with E-state index in [1.54, 1.807) is 36.4 Å². The van der Waals surface area contributed by atoms with E-state index in [4.69, 9.17) is 4.42 Å². The number of nitrogens with one attached hydrogen (secondary N) is 2. The first kappa shape index (κ1) is 17.2. The number of rotatable bonds is 7. The van der Waals surface area contributed by atoms with Crippen LogP contribution in [0.25, 0.3) is 0 Å². The summed E-state index contributed by atoms with van der Waals surface area (Å²) in [5.41, 5.74) is 3.02. The molecule has 1 aromatic heterocycles. The highest BCUT2D eigenvalue weighted by atomic mass is 127. The summed E-state index contributed by atoms with van der Waals surface area (Å²) in [5, 5.41) is 6.57. The van der Waals surface area contributed by atoms with Gasteiger partial charge in [0.25, 0.3) is 5.91 Å². The minimum Gasteiger partial charge on any atom is -0.449 e. The number of hydrogen-bond donors (Lipinski definition) is 2. The first-order chi connectivity index (χ1) is 11.1. The Labute approximate surface area is 147 Å². The molecule has 0 aliphatic heterocycles. The molecule has 0 atom stereocenters. The fraction of sp³-hybridized carbons (Fsp3) is 0.188. The normalized spacial score (nSPS) is 10.7. The summed E-state index contributed by atoms with van der Waals surface area (Å²) >= 11 is 2.05. The van der Waals surface area contributed by atoms with Crippen LogP contribution < -0.4 is 10.7 Å². The standard InChI is InChI=1S/C16H16IN3O3/c17-14-9-8-13(23-14)11-19-20-15(21)7-4-10-18-16(22)12-5-2-1-3-6-12/h1-3,5-6,8-9,11H,4,7,10H2,(H,18,22)(H,20,21). The summed E-state index contributed by atoms with van der Waals surface area (Å²) in [7, 11) is 0. The molecule has 2 rings (SSSR count). The lowest BCUT2D eigenvalue weighted by Gasteiger charge is -2.04. The van der Waals surface area contributed by atoms with Crippen LogP contribution in [0, 0.1) is 3.77 Å². The van der Waals surface area contributed by atoms with Gasteiger partial charge in [-0.05, 0) is 53.3 Å². The van der Waals surface area contributed by atoms with Crippen molar-refractivity contribution in [2.75, 3.05) is 6.54 Å². The van der Waals surface area contributed by atoms with Gasteiger partial charge in [-0.2, -0.15) is 5.10 Å². The Balaban J connectivity index is 1.61. The number of carbonyl (C=O) groups excluding carboxylic acids is 2. The quantitative estimate of drug-likeness (QED) is 0.310. The molecule has 0 fully saturated rings. The lowest BCUT2D eigenvalue weighted by Crippen LogP contribution is -2.26. The minimum absolute atomic E-state index is 0.142. The van der Waals surface area contributed by atoms with Crippen LogP contribution in [-0.2, 0) is 4.79 Å². The maximum absolute atomic E-state index is 11.8. The van der Waals surface area contributed by atoms with Gasteiger partial charge in [-0.3, -0.25) is 9.59 Å². The Hall–Kier alpha value is -2.16. The topological polar surface area (TPSA) is 83.7 Å². The van der Waals surface area contributed by atoms with E-state index in [-0.39, 0.29) is 18.2 Å². The lowest BCUT2D eigenvalue weighted by atomic mass is 10.2. The van der Waals surface area contributed by atoms with Crippen LogP contribution in [0.5, 0.6) is 0 Å². The van der Waals surface area contributed by atoms with Crippen LogP contribution in [0.15, 0.2) is 52.0 Å². The van der Waals surface area contributed by atoms with Gasteiger partial charge in [-0.25, -0.2) is 5.43 Å². The van der Waals surface area contributed by atoms with Crippen molar-refractivity contribution in [1.29, 1.82) is 0 Å².